The molecule has 0 amide bonds. The van der Waals surface area contributed by atoms with Gasteiger partial charge >= 0.3 is 0 Å². The van der Waals surface area contributed by atoms with E-state index in [-0.39, 0.29) is 0 Å². The lowest BCUT2D eigenvalue weighted by atomic mass is 9.57. The van der Waals surface area contributed by atoms with Crippen LogP contribution in [0, 0.1) is 17.3 Å². The standard InChI is InChI=1S/C12H23N/c1-9-6-11-4-3-5-12(7-9,8-11)10(2)13/h9-11H,3-8,13H2,1-2H3. The average Bonchev–Trinajstić information content (AvgIpc) is 2.02. The minimum absolute atomic E-state index is 0.415. The second kappa shape index (κ2) is 3.27. The molecule has 0 heterocycles. The van der Waals surface area contributed by atoms with E-state index in [9.17, 15) is 0 Å². The normalized spacial score (nSPS) is 47.3. The average molecular weight is 181 g/mol. The Kier molecular flexibility index (Phi) is 2.39. The molecule has 0 aromatic rings. The van der Waals surface area contributed by atoms with Crippen molar-refractivity contribution in [1.29, 1.82) is 0 Å². The molecule has 0 aliphatic heterocycles. The van der Waals surface area contributed by atoms with Crippen molar-refractivity contribution in [3.05, 3.63) is 0 Å². The molecule has 4 unspecified atom stereocenters. The summed E-state index contributed by atoms with van der Waals surface area (Å²) in [6.07, 6.45) is 8.58. The summed E-state index contributed by atoms with van der Waals surface area (Å²) in [6.45, 7) is 4.63. The minimum Gasteiger partial charge on any atom is -0.327 e. The lowest BCUT2D eigenvalue weighted by Crippen LogP contribution is -2.47. The molecule has 0 aromatic carbocycles. The van der Waals surface area contributed by atoms with Gasteiger partial charge in [-0.1, -0.05) is 19.8 Å². The molecule has 2 aliphatic carbocycles. The fraction of sp³-hybridized carbons (Fsp3) is 1.00. The van der Waals surface area contributed by atoms with Crippen molar-refractivity contribution in [1.82, 2.24) is 0 Å². The van der Waals surface area contributed by atoms with Crippen LogP contribution >= 0.6 is 0 Å². The monoisotopic (exact) mass is 181 g/mol. The highest BCUT2D eigenvalue weighted by atomic mass is 14.7. The van der Waals surface area contributed by atoms with Gasteiger partial charge in [0.1, 0.15) is 0 Å². The summed E-state index contributed by atoms with van der Waals surface area (Å²) in [5, 5.41) is 0. The Morgan fingerprint density at radius 3 is 2.85 bits per heavy atom. The summed E-state index contributed by atoms with van der Waals surface area (Å²) in [5.74, 6) is 1.92. The third kappa shape index (κ3) is 1.63. The molecule has 2 saturated carbocycles. The van der Waals surface area contributed by atoms with Crippen LogP contribution < -0.4 is 5.73 Å². The van der Waals surface area contributed by atoms with E-state index in [0.717, 1.165) is 11.8 Å². The zero-order valence-corrected chi connectivity index (χ0v) is 9.05. The molecule has 2 fully saturated rings. The summed E-state index contributed by atoms with van der Waals surface area (Å²) < 4.78 is 0. The largest absolute Gasteiger partial charge is 0.327 e. The van der Waals surface area contributed by atoms with Crippen LogP contribution in [0.25, 0.3) is 0 Å². The molecule has 0 radical (unpaired) electrons. The minimum atomic E-state index is 0.415. The highest BCUT2D eigenvalue weighted by Gasteiger charge is 2.43. The lowest BCUT2D eigenvalue weighted by Gasteiger charge is -2.50. The SMILES string of the molecule is CC1CC2CCCC(C(C)N)(C1)C2. The highest BCUT2D eigenvalue weighted by Crippen LogP contribution is 2.52. The van der Waals surface area contributed by atoms with Crippen molar-refractivity contribution in [2.24, 2.45) is 23.0 Å². The van der Waals surface area contributed by atoms with Gasteiger partial charge in [0.2, 0.25) is 0 Å². The Morgan fingerprint density at radius 1 is 1.38 bits per heavy atom. The first-order valence-electron chi connectivity index (χ1n) is 5.88. The second-order valence-corrected chi connectivity index (χ2v) is 5.66. The Morgan fingerprint density at radius 2 is 2.15 bits per heavy atom. The molecular weight excluding hydrogens is 158 g/mol. The molecule has 4 atom stereocenters. The van der Waals surface area contributed by atoms with Crippen molar-refractivity contribution in [3.63, 3.8) is 0 Å². The van der Waals surface area contributed by atoms with E-state index in [1.54, 1.807) is 0 Å². The predicted molar refractivity (Wildman–Crippen MR) is 56.4 cm³/mol. The van der Waals surface area contributed by atoms with Gasteiger partial charge in [0.15, 0.2) is 0 Å². The van der Waals surface area contributed by atoms with Crippen molar-refractivity contribution >= 4 is 0 Å². The van der Waals surface area contributed by atoms with Gasteiger partial charge in [-0.05, 0) is 49.9 Å². The molecule has 2 rings (SSSR count). The fourth-order valence-corrected chi connectivity index (χ4v) is 3.85. The molecule has 0 spiro atoms. The molecule has 1 nitrogen and oxygen atoms in total. The zero-order valence-electron chi connectivity index (χ0n) is 9.05. The Hall–Kier alpha value is -0.0400. The number of fused-ring (bicyclic) bond motifs is 2. The van der Waals surface area contributed by atoms with Gasteiger partial charge < -0.3 is 5.73 Å². The first kappa shape index (κ1) is 9.51. The van der Waals surface area contributed by atoms with Gasteiger partial charge in [0.25, 0.3) is 0 Å². The molecule has 76 valence electrons. The van der Waals surface area contributed by atoms with Crippen molar-refractivity contribution in [3.8, 4) is 0 Å². The maximum Gasteiger partial charge on any atom is 0.00672 e. The second-order valence-electron chi connectivity index (χ2n) is 5.66. The Labute approximate surface area is 82.1 Å². The van der Waals surface area contributed by atoms with E-state index in [1.165, 1.54) is 38.5 Å². The number of nitrogens with two attached hydrogens (primary N) is 1. The Bertz CT molecular complexity index is 184. The maximum atomic E-state index is 6.17. The van der Waals surface area contributed by atoms with E-state index in [1.807, 2.05) is 0 Å². The van der Waals surface area contributed by atoms with Crippen molar-refractivity contribution in [2.45, 2.75) is 58.4 Å². The van der Waals surface area contributed by atoms with Crippen molar-refractivity contribution in [2.75, 3.05) is 0 Å². The van der Waals surface area contributed by atoms with Gasteiger partial charge in [-0.3, -0.25) is 0 Å². The van der Waals surface area contributed by atoms with Gasteiger partial charge in [-0.2, -0.15) is 0 Å². The fourth-order valence-electron chi connectivity index (χ4n) is 3.85. The Balaban J connectivity index is 2.15. The number of hydrogen-bond acceptors (Lipinski definition) is 1. The number of rotatable bonds is 1. The molecular formula is C12H23N. The molecule has 1 heteroatoms. The molecule has 2 aliphatic rings. The van der Waals surface area contributed by atoms with E-state index >= 15 is 0 Å². The highest BCUT2D eigenvalue weighted by molar-refractivity contribution is 4.96. The van der Waals surface area contributed by atoms with Crippen LogP contribution in [0.5, 0.6) is 0 Å². The summed E-state index contributed by atoms with van der Waals surface area (Å²) in [7, 11) is 0. The van der Waals surface area contributed by atoms with Crippen molar-refractivity contribution < 1.29 is 0 Å². The molecule has 13 heavy (non-hydrogen) atoms. The quantitative estimate of drug-likeness (QED) is 0.661. The van der Waals surface area contributed by atoms with Crippen LogP contribution in [-0.2, 0) is 0 Å². The zero-order chi connectivity index (χ0) is 9.47. The predicted octanol–water partition coefficient (Wildman–Crippen LogP) is 2.94. The van der Waals surface area contributed by atoms with Crippen LogP contribution in [-0.4, -0.2) is 6.04 Å². The van der Waals surface area contributed by atoms with Gasteiger partial charge in [-0.15, -0.1) is 0 Å². The molecule has 0 saturated heterocycles. The first-order chi connectivity index (χ1) is 6.12. The summed E-state index contributed by atoms with van der Waals surface area (Å²) in [6, 6.07) is 0.415. The van der Waals surface area contributed by atoms with Crippen LogP contribution in [0.3, 0.4) is 0 Å². The maximum absolute atomic E-state index is 6.17. The van der Waals surface area contributed by atoms with Gasteiger partial charge in [0.05, 0.1) is 0 Å². The molecule has 0 aromatic heterocycles. The smallest absolute Gasteiger partial charge is 0.00672 e. The first-order valence-corrected chi connectivity index (χ1v) is 5.88. The summed E-state index contributed by atoms with van der Waals surface area (Å²) in [4.78, 5) is 0. The molecule has 2 bridgehead atoms. The summed E-state index contributed by atoms with van der Waals surface area (Å²) >= 11 is 0. The van der Waals surface area contributed by atoms with E-state index < -0.39 is 0 Å². The van der Waals surface area contributed by atoms with Crippen LogP contribution in [0.4, 0.5) is 0 Å². The van der Waals surface area contributed by atoms with E-state index in [2.05, 4.69) is 13.8 Å². The van der Waals surface area contributed by atoms with Crippen LogP contribution in [0.15, 0.2) is 0 Å². The van der Waals surface area contributed by atoms with Gasteiger partial charge in [-0.25, -0.2) is 0 Å². The molecule has 2 N–H and O–H groups in total. The van der Waals surface area contributed by atoms with E-state index in [0.29, 0.717) is 11.5 Å². The van der Waals surface area contributed by atoms with Crippen LogP contribution in [0.2, 0.25) is 0 Å². The third-order valence-corrected chi connectivity index (χ3v) is 4.44. The van der Waals surface area contributed by atoms with Crippen LogP contribution in [0.1, 0.15) is 52.4 Å². The number of hydrogen-bond donors (Lipinski definition) is 1. The van der Waals surface area contributed by atoms with Gasteiger partial charge in [0, 0.05) is 6.04 Å². The topological polar surface area (TPSA) is 26.0 Å². The van der Waals surface area contributed by atoms with E-state index in [4.69, 9.17) is 5.73 Å². The third-order valence-electron chi connectivity index (χ3n) is 4.44. The summed E-state index contributed by atoms with van der Waals surface area (Å²) in [5.41, 5.74) is 6.70. The lowest BCUT2D eigenvalue weighted by molar-refractivity contribution is 0.0275.